The van der Waals surface area contributed by atoms with Crippen LogP contribution < -0.4 is 5.32 Å². The van der Waals surface area contributed by atoms with Crippen LogP contribution in [0.25, 0.3) is 0 Å². The van der Waals surface area contributed by atoms with Crippen molar-refractivity contribution in [2.24, 2.45) is 5.92 Å². The zero-order valence-corrected chi connectivity index (χ0v) is 14.9. The molecule has 0 radical (unpaired) electrons. The molecule has 2 heterocycles. The van der Waals surface area contributed by atoms with Gasteiger partial charge in [0, 0.05) is 32.0 Å². The van der Waals surface area contributed by atoms with E-state index in [0.29, 0.717) is 32.0 Å². The second kappa shape index (κ2) is 7.12. The Labute approximate surface area is 144 Å². The van der Waals surface area contributed by atoms with Gasteiger partial charge in [-0.2, -0.15) is 0 Å². The lowest BCUT2D eigenvalue weighted by Gasteiger charge is -2.37. The Morgan fingerprint density at radius 3 is 2.67 bits per heavy atom. The van der Waals surface area contributed by atoms with Crippen LogP contribution >= 0.6 is 11.3 Å². The number of benzene rings is 1. The Bertz CT molecular complexity index is 786. The molecule has 1 aromatic carbocycles. The lowest BCUT2D eigenvalue weighted by molar-refractivity contribution is 0.212. The Morgan fingerprint density at radius 1 is 1.29 bits per heavy atom. The summed E-state index contributed by atoms with van der Waals surface area (Å²) >= 11 is 1.46. The molecule has 1 fully saturated rings. The summed E-state index contributed by atoms with van der Waals surface area (Å²) in [7, 11) is -3.06. The number of nitrogens with zero attached hydrogens (tertiary/aromatic N) is 3. The first kappa shape index (κ1) is 17.2. The quantitative estimate of drug-likeness (QED) is 0.806. The third-order valence-electron chi connectivity index (χ3n) is 3.96. The van der Waals surface area contributed by atoms with Gasteiger partial charge in [-0.25, -0.2) is 17.1 Å². The fourth-order valence-corrected chi connectivity index (χ4v) is 4.49. The molecule has 0 amide bonds. The number of sulfonamides is 1. The average Bonchev–Trinajstić information content (AvgIpc) is 2.95. The van der Waals surface area contributed by atoms with Crippen LogP contribution in [-0.2, 0) is 16.4 Å². The van der Waals surface area contributed by atoms with Crippen molar-refractivity contribution < 1.29 is 12.8 Å². The van der Waals surface area contributed by atoms with Gasteiger partial charge in [0.25, 0.3) is 0 Å². The van der Waals surface area contributed by atoms with Gasteiger partial charge in [0.15, 0.2) is 0 Å². The molecule has 3 rings (SSSR count). The number of aromatic nitrogens is 2. The summed E-state index contributed by atoms with van der Waals surface area (Å²) in [4.78, 5) is 0. The van der Waals surface area contributed by atoms with Crippen LogP contribution in [0.3, 0.4) is 0 Å². The normalized spacial score (nSPS) is 16.1. The minimum absolute atomic E-state index is 0.149. The van der Waals surface area contributed by atoms with Crippen LogP contribution in [0.4, 0.5) is 9.52 Å². The Hall–Kier alpha value is -1.58. The Morgan fingerprint density at radius 2 is 2.00 bits per heavy atom. The van der Waals surface area contributed by atoms with Gasteiger partial charge in [-0.05, 0) is 24.6 Å². The largest absolute Gasteiger partial charge is 0.360 e. The van der Waals surface area contributed by atoms with E-state index < -0.39 is 10.0 Å². The van der Waals surface area contributed by atoms with Crippen molar-refractivity contribution in [1.29, 1.82) is 0 Å². The fourth-order valence-electron chi connectivity index (χ4n) is 2.47. The molecule has 130 valence electrons. The van der Waals surface area contributed by atoms with Gasteiger partial charge < -0.3 is 5.32 Å². The van der Waals surface area contributed by atoms with E-state index in [4.69, 9.17) is 0 Å². The molecule has 0 spiro atoms. The van der Waals surface area contributed by atoms with Gasteiger partial charge in [-0.1, -0.05) is 23.5 Å². The van der Waals surface area contributed by atoms with Crippen molar-refractivity contribution in [3.63, 3.8) is 0 Å². The predicted molar refractivity (Wildman–Crippen MR) is 92.1 cm³/mol. The van der Waals surface area contributed by atoms with E-state index in [2.05, 4.69) is 15.5 Å². The summed E-state index contributed by atoms with van der Waals surface area (Å²) in [5, 5.41) is 13.0. The van der Waals surface area contributed by atoms with Gasteiger partial charge in [-0.15, -0.1) is 10.2 Å². The topological polar surface area (TPSA) is 75.2 Å². The van der Waals surface area contributed by atoms with Crippen LogP contribution in [0.5, 0.6) is 0 Å². The van der Waals surface area contributed by atoms with Crippen molar-refractivity contribution in [2.75, 3.05) is 30.7 Å². The molecule has 0 saturated carbocycles. The highest BCUT2D eigenvalue weighted by Crippen LogP contribution is 2.23. The first-order valence-corrected chi connectivity index (χ1v) is 10.2. The molecule has 0 aliphatic carbocycles. The van der Waals surface area contributed by atoms with E-state index in [1.807, 2.05) is 0 Å². The van der Waals surface area contributed by atoms with Gasteiger partial charge in [0.2, 0.25) is 15.2 Å². The highest BCUT2D eigenvalue weighted by Gasteiger charge is 2.34. The summed E-state index contributed by atoms with van der Waals surface area (Å²) in [6.07, 6.45) is 0.617. The molecule has 1 N–H and O–H groups in total. The first-order valence-electron chi connectivity index (χ1n) is 7.75. The predicted octanol–water partition coefficient (Wildman–Crippen LogP) is 1.96. The van der Waals surface area contributed by atoms with Gasteiger partial charge in [-0.3, -0.25) is 0 Å². The molecule has 6 nitrogen and oxygen atoms in total. The van der Waals surface area contributed by atoms with E-state index in [1.165, 1.54) is 27.8 Å². The molecular formula is C15H19FN4O2S2. The molecule has 0 atom stereocenters. The number of rotatable bonds is 7. The molecule has 24 heavy (non-hydrogen) atoms. The number of hydrogen-bond donors (Lipinski definition) is 1. The van der Waals surface area contributed by atoms with Gasteiger partial charge in [0.1, 0.15) is 10.8 Å². The average molecular weight is 370 g/mol. The minimum Gasteiger partial charge on any atom is -0.360 e. The van der Waals surface area contributed by atoms with E-state index >= 15 is 0 Å². The number of anilines is 1. The molecule has 1 aromatic heterocycles. The van der Waals surface area contributed by atoms with Crippen molar-refractivity contribution >= 4 is 26.5 Å². The molecular weight excluding hydrogens is 351 g/mol. The standard InChI is InChI=1S/C15H19FN4O2S2/c1-2-24(21,22)20-9-12(10-20)8-17-15-19-18-14(23-15)7-11-3-5-13(16)6-4-11/h3-6,12H,2,7-10H2,1H3,(H,17,19). The summed E-state index contributed by atoms with van der Waals surface area (Å²) in [6.45, 7) is 3.46. The van der Waals surface area contributed by atoms with Crippen LogP contribution in [0.1, 0.15) is 17.5 Å². The minimum atomic E-state index is -3.06. The van der Waals surface area contributed by atoms with Crippen LogP contribution in [0.15, 0.2) is 24.3 Å². The van der Waals surface area contributed by atoms with Crippen molar-refractivity contribution in [3.05, 3.63) is 40.7 Å². The highest BCUT2D eigenvalue weighted by molar-refractivity contribution is 7.89. The third kappa shape index (κ3) is 4.08. The van der Waals surface area contributed by atoms with Gasteiger partial charge in [0.05, 0.1) is 5.75 Å². The number of hydrogen-bond acceptors (Lipinski definition) is 6. The lowest BCUT2D eigenvalue weighted by atomic mass is 10.0. The summed E-state index contributed by atoms with van der Waals surface area (Å²) in [5.74, 6) is 0.199. The third-order valence-corrected chi connectivity index (χ3v) is 6.65. The van der Waals surface area contributed by atoms with Crippen molar-refractivity contribution in [3.8, 4) is 0 Å². The van der Waals surface area contributed by atoms with Crippen LogP contribution in [0.2, 0.25) is 0 Å². The maximum Gasteiger partial charge on any atom is 0.213 e. The SMILES string of the molecule is CCS(=O)(=O)N1CC(CNc2nnc(Cc3ccc(F)cc3)s2)C1. The summed E-state index contributed by atoms with van der Waals surface area (Å²) in [5.41, 5.74) is 0.985. The smallest absolute Gasteiger partial charge is 0.213 e. The fraction of sp³-hybridized carbons (Fsp3) is 0.467. The molecule has 1 aliphatic heterocycles. The van der Waals surface area contributed by atoms with Gasteiger partial charge >= 0.3 is 0 Å². The second-order valence-electron chi connectivity index (χ2n) is 5.77. The van der Waals surface area contributed by atoms with E-state index in [-0.39, 0.29) is 11.6 Å². The van der Waals surface area contributed by atoms with E-state index in [1.54, 1.807) is 19.1 Å². The molecule has 1 aliphatic rings. The molecule has 2 aromatic rings. The van der Waals surface area contributed by atoms with Crippen molar-refractivity contribution in [1.82, 2.24) is 14.5 Å². The molecule has 0 unspecified atom stereocenters. The number of halogens is 1. The zero-order chi connectivity index (χ0) is 17.2. The molecule has 9 heteroatoms. The first-order chi connectivity index (χ1) is 11.5. The maximum absolute atomic E-state index is 12.9. The Balaban J connectivity index is 1.46. The lowest BCUT2D eigenvalue weighted by Crippen LogP contribution is -2.52. The molecule has 0 bridgehead atoms. The maximum atomic E-state index is 12.9. The van der Waals surface area contributed by atoms with Crippen LogP contribution in [-0.4, -0.2) is 48.3 Å². The zero-order valence-electron chi connectivity index (χ0n) is 13.3. The highest BCUT2D eigenvalue weighted by atomic mass is 32.2. The van der Waals surface area contributed by atoms with Crippen LogP contribution in [0, 0.1) is 11.7 Å². The monoisotopic (exact) mass is 370 g/mol. The Kier molecular flexibility index (Phi) is 5.12. The second-order valence-corrected chi connectivity index (χ2v) is 9.09. The van der Waals surface area contributed by atoms with E-state index in [9.17, 15) is 12.8 Å². The van der Waals surface area contributed by atoms with E-state index in [0.717, 1.165) is 15.7 Å². The summed E-state index contributed by atoms with van der Waals surface area (Å²) < 4.78 is 37.7. The number of nitrogens with one attached hydrogen (secondary N) is 1. The summed E-state index contributed by atoms with van der Waals surface area (Å²) in [6, 6.07) is 6.34. The van der Waals surface area contributed by atoms with Crippen molar-refractivity contribution in [2.45, 2.75) is 13.3 Å². The molecule has 1 saturated heterocycles.